The highest BCUT2D eigenvalue weighted by Gasteiger charge is 2.57. The molecular formula is C27H22N4O5. The van der Waals surface area contributed by atoms with Crippen LogP contribution in [0.15, 0.2) is 60.7 Å². The summed E-state index contributed by atoms with van der Waals surface area (Å²) in [6.07, 6.45) is 0.318. The van der Waals surface area contributed by atoms with Gasteiger partial charge >= 0.3 is 6.03 Å². The fourth-order valence-corrected chi connectivity index (χ4v) is 5.04. The lowest BCUT2D eigenvalue weighted by Gasteiger charge is -2.23. The smallest absolute Gasteiger partial charge is 0.319 e. The van der Waals surface area contributed by atoms with Gasteiger partial charge in [-0.2, -0.15) is 5.26 Å². The van der Waals surface area contributed by atoms with Gasteiger partial charge < -0.3 is 29.7 Å². The molecule has 0 saturated carbocycles. The highest BCUT2D eigenvalue weighted by molar-refractivity contribution is 6.11. The molecule has 3 aromatic rings. The van der Waals surface area contributed by atoms with Crippen LogP contribution in [-0.2, 0) is 16.6 Å². The quantitative estimate of drug-likeness (QED) is 0.577. The van der Waals surface area contributed by atoms with Gasteiger partial charge in [0.2, 0.25) is 12.7 Å². The van der Waals surface area contributed by atoms with Crippen LogP contribution < -0.4 is 29.7 Å². The molecule has 9 nitrogen and oxygen atoms in total. The summed E-state index contributed by atoms with van der Waals surface area (Å²) in [6.45, 7) is 0.877. The van der Waals surface area contributed by atoms with Crippen LogP contribution in [0.25, 0.3) is 0 Å². The first-order valence-electron chi connectivity index (χ1n) is 11.6. The van der Waals surface area contributed by atoms with Gasteiger partial charge in [0.25, 0.3) is 0 Å². The summed E-state index contributed by atoms with van der Waals surface area (Å²) < 4.78 is 17.0. The van der Waals surface area contributed by atoms with E-state index >= 15 is 0 Å². The van der Waals surface area contributed by atoms with Crippen molar-refractivity contribution in [1.29, 1.82) is 5.26 Å². The number of ether oxygens (including phenoxy) is 3. The lowest BCUT2D eigenvalue weighted by Crippen LogP contribution is -2.45. The van der Waals surface area contributed by atoms with Crippen LogP contribution in [0.5, 0.6) is 17.2 Å². The average molecular weight is 482 g/mol. The molecule has 3 aliphatic rings. The van der Waals surface area contributed by atoms with E-state index in [2.05, 4.69) is 16.7 Å². The van der Waals surface area contributed by atoms with Gasteiger partial charge in [0.1, 0.15) is 17.8 Å². The third kappa shape index (κ3) is 3.38. The molecule has 0 aliphatic carbocycles. The van der Waals surface area contributed by atoms with Gasteiger partial charge in [-0.1, -0.05) is 30.3 Å². The molecule has 0 radical (unpaired) electrons. The normalized spacial score (nSPS) is 18.4. The van der Waals surface area contributed by atoms with E-state index in [1.54, 1.807) is 35.2 Å². The zero-order valence-corrected chi connectivity index (χ0v) is 19.2. The minimum absolute atomic E-state index is 0.100. The van der Waals surface area contributed by atoms with Crippen molar-refractivity contribution < 1.29 is 23.8 Å². The molecule has 9 heteroatoms. The van der Waals surface area contributed by atoms with Crippen molar-refractivity contribution in [3.05, 3.63) is 77.4 Å². The van der Waals surface area contributed by atoms with Crippen molar-refractivity contribution >= 4 is 23.3 Å². The van der Waals surface area contributed by atoms with Crippen molar-refractivity contribution in [3.63, 3.8) is 0 Å². The molecule has 0 aromatic heterocycles. The van der Waals surface area contributed by atoms with Gasteiger partial charge in [-0.3, -0.25) is 4.79 Å². The molecule has 3 aromatic carbocycles. The summed E-state index contributed by atoms with van der Waals surface area (Å²) >= 11 is 0. The molecule has 3 heterocycles. The Labute approximate surface area is 207 Å². The number of rotatable bonds is 5. The molecule has 1 unspecified atom stereocenters. The van der Waals surface area contributed by atoms with Crippen LogP contribution in [0.3, 0.4) is 0 Å². The van der Waals surface area contributed by atoms with Crippen molar-refractivity contribution in [3.8, 4) is 23.3 Å². The molecule has 1 atom stereocenters. The SMILES string of the molecule is N#CCc1ccc(NC(=O)NCCN2C(=O)C3(COc4cc5c(cc43)OCO5)c3ccccc32)cc1. The first-order chi connectivity index (χ1) is 17.6. The van der Waals surface area contributed by atoms with Crippen LogP contribution in [0.2, 0.25) is 0 Å². The number of fused-ring (bicyclic) bond motifs is 5. The van der Waals surface area contributed by atoms with E-state index in [1.807, 2.05) is 30.3 Å². The fraction of sp³-hybridized carbons (Fsp3) is 0.222. The maximum atomic E-state index is 13.9. The van der Waals surface area contributed by atoms with Gasteiger partial charge in [0, 0.05) is 36.1 Å². The largest absolute Gasteiger partial charge is 0.491 e. The summed E-state index contributed by atoms with van der Waals surface area (Å²) in [5.74, 6) is 1.72. The Morgan fingerprint density at radius 1 is 1.00 bits per heavy atom. The first-order valence-corrected chi connectivity index (χ1v) is 11.6. The Bertz CT molecular complexity index is 1410. The van der Waals surface area contributed by atoms with E-state index in [0.29, 0.717) is 35.9 Å². The van der Waals surface area contributed by atoms with E-state index in [9.17, 15) is 9.59 Å². The Morgan fingerprint density at radius 3 is 2.58 bits per heavy atom. The number of hydrogen-bond donors (Lipinski definition) is 2. The number of urea groups is 1. The third-order valence-corrected chi connectivity index (χ3v) is 6.76. The maximum absolute atomic E-state index is 13.9. The van der Waals surface area contributed by atoms with Crippen molar-refractivity contribution in [2.75, 3.05) is 36.7 Å². The van der Waals surface area contributed by atoms with Crippen LogP contribution >= 0.6 is 0 Å². The molecule has 1 spiro atoms. The lowest BCUT2D eigenvalue weighted by atomic mass is 9.77. The third-order valence-electron chi connectivity index (χ3n) is 6.76. The standard InChI is InChI=1S/C27H22N4O5/c28-10-9-17-5-7-18(8-6-17)30-26(33)29-11-12-31-21-4-2-1-3-19(21)27(25(31)32)15-34-22-14-24-23(13-20(22)27)35-16-36-24/h1-8,13-14H,9,11-12,15-16H2,(H2,29,30,33). The second-order valence-corrected chi connectivity index (χ2v) is 8.78. The molecule has 6 rings (SSSR count). The number of hydrogen-bond acceptors (Lipinski definition) is 6. The van der Waals surface area contributed by atoms with E-state index in [4.69, 9.17) is 19.5 Å². The van der Waals surface area contributed by atoms with Gasteiger partial charge in [0.05, 0.1) is 12.5 Å². The molecule has 2 N–H and O–H groups in total. The van der Waals surface area contributed by atoms with Crippen molar-refractivity contribution in [2.45, 2.75) is 11.8 Å². The molecule has 180 valence electrons. The van der Waals surface area contributed by atoms with Crippen molar-refractivity contribution in [1.82, 2.24) is 5.32 Å². The molecular weight excluding hydrogens is 460 g/mol. The van der Waals surface area contributed by atoms with Gasteiger partial charge in [-0.05, 0) is 35.4 Å². The van der Waals surface area contributed by atoms with Gasteiger partial charge in [-0.15, -0.1) is 0 Å². The fourth-order valence-electron chi connectivity index (χ4n) is 5.04. The summed E-state index contributed by atoms with van der Waals surface area (Å²) in [7, 11) is 0. The van der Waals surface area contributed by atoms with Crippen molar-refractivity contribution in [2.24, 2.45) is 0 Å². The number of para-hydroxylation sites is 1. The number of nitrogens with one attached hydrogen (secondary N) is 2. The average Bonchev–Trinajstić information content (AvgIpc) is 3.56. The van der Waals surface area contributed by atoms with Crippen LogP contribution in [0, 0.1) is 11.3 Å². The number of carbonyl (C=O) groups excluding carboxylic acids is 2. The van der Waals surface area contributed by atoms with E-state index in [0.717, 1.165) is 22.4 Å². The predicted molar refractivity (Wildman–Crippen MR) is 130 cm³/mol. The number of carbonyl (C=O) groups is 2. The summed E-state index contributed by atoms with van der Waals surface area (Å²) in [5.41, 5.74) is 2.96. The minimum Gasteiger partial charge on any atom is -0.491 e. The zero-order valence-electron chi connectivity index (χ0n) is 19.2. The van der Waals surface area contributed by atoms with Crippen LogP contribution in [0.4, 0.5) is 16.2 Å². The zero-order chi connectivity index (χ0) is 24.7. The predicted octanol–water partition coefficient (Wildman–Crippen LogP) is 3.33. The molecule has 36 heavy (non-hydrogen) atoms. The Morgan fingerprint density at radius 2 is 1.78 bits per heavy atom. The Balaban J connectivity index is 1.18. The molecule has 3 amide bonds. The highest BCUT2D eigenvalue weighted by Crippen LogP contribution is 2.54. The lowest BCUT2D eigenvalue weighted by molar-refractivity contribution is -0.122. The number of nitriles is 1. The number of amides is 3. The molecule has 0 saturated heterocycles. The van der Waals surface area contributed by atoms with E-state index in [-0.39, 0.29) is 31.9 Å². The molecule has 0 bridgehead atoms. The summed E-state index contributed by atoms with van der Waals surface area (Å²) in [5, 5.41) is 14.4. The van der Waals surface area contributed by atoms with Gasteiger partial charge in [0.15, 0.2) is 11.5 Å². The number of benzene rings is 3. The topological polar surface area (TPSA) is 113 Å². The minimum atomic E-state index is -0.972. The monoisotopic (exact) mass is 482 g/mol. The number of anilines is 2. The Hall–Kier alpha value is -4.71. The van der Waals surface area contributed by atoms with Gasteiger partial charge in [-0.25, -0.2) is 4.79 Å². The maximum Gasteiger partial charge on any atom is 0.319 e. The second kappa shape index (κ2) is 8.50. The van der Waals surface area contributed by atoms with E-state index < -0.39 is 5.41 Å². The second-order valence-electron chi connectivity index (χ2n) is 8.78. The Kier molecular flexibility index (Phi) is 5.15. The summed E-state index contributed by atoms with van der Waals surface area (Å²) in [6, 6.07) is 20.1. The molecule has 3 aliphatic heterocycles. The van der Waals surface area contributed by atoms with E-state index in [1.165, 1.54) is 0 Å². The number of nitrogens with zero attached hydrogens (tertiary/aromatic N) is 2. The van der Waals surface area contributed by atoms with Crippen LogP contribution in [-0.4, -0.2) is 38.4 Å². The van der Waals surface area contributed by atoms with Crippen LogP contribution in [0.1, 0.15) is 16.7 Å². The summed E-state index contributed by atoms with van der Waals surface area (Å²) in [4.78, 5) is 28.0. The highest BCUT2D eigenvalue weighted by atomic mass is 16.7. The molecule has 0 fully saturated rings. The first kappa shape index (κ1) is 21.8.